The van der Waals surface area contributed by atoms with Gasteiger partial charge in [-0.05, 0) is 66.7 Å². The number of nitrogens with one attached hydrogen (secondary N) is 1. The number of nitrogens with zero attached hydrogens (tertiary/aromatic N) is 1. The quantitative estimate of drug-likeness (QED) is 0.146. The van der Waals surface area contributed by atoms with Crippen LogP contribution in [0, 0.1) is 11.3 Å². The van der Waals surface area contributed by atoms with Gasteiger partial charge in [-0.1, -0.05) is 75.0 Å². The monoisotopic (exact) mass is 640 g/mol. The maximum Gasteiger partial charge on any atom is 0.266 e. The maximum atomic E-state index is 12.9. The van der Waals surface area contributed by atoms with Gasteiger partial charge in [0.2, 0.25) is 0 Å². The van der Waals surface area contributed by atoms with Crippen LogP contribution in [-0.4, -0.2) is 5.91 Å². The van der Waals surface area contributed by atoms with Crippen LogP contribution in [-0.2, 0) is 18.0 Å². The number of hydrogen-bond acceptors (Lipinski definition) is 4. The van der Waals surface area contributed by atoms with Crippen LogP contribution in [0.15, 0.2) is 95.0 Å². The van der Waals surface area contributed by atoms with E-state index in [-0.39, 0.29) is 12.2 Å². The molecule has 196 valence electrons. The van der Waals surface area contributed by atoms with Crippen molar-refractivity contribution in [3.63, 3.8) is 0 Å². The average Bonchev–Trinajstić information content (AvgIpc) is 2.92. The van der Waals surface area contributed by atoms with Crippen molar-refractivity contribution < 1.29 is 14.3 Å². The van der Waals surface area contributed by atoms with E-state index in [9.17, 15) is 10.1 Å². The van der Waals surface area contributed by atoms with Crippen molar-refractivity contribution in [3.8, 4) is 17.6 Å². The average molecular weight is 643 g/mol. The molecule has 1 amide bonds. The van der Waals surface area contributed by atoms with Crippen LogP contribution in [0.25, 0.3) is 6.08 Å². The highest BCUT2D eigenvalue weighted by Crippen LogP contribution is 2.29. The summed E-state index contributed by atoms with van der Waals surface area (Å²) in [6, 6.07) is 26.7. The Hall–Kier alpha value is -3.47. The first kappa shape index (κ1) is 28.5. The SMILES string of the molecule is N#C/C(=C\c1cc(Br)ccc1OCc1ccc(Cl)cc1Cl)C(=O)Nc1ccc(OCc2ccccc2Cl)cc1. The summed E-state index contributed by atoms with van der Waals surface area (Å²) in [5.74, 6) is 0.527. The van der Waals surface area contributed by atoms with Crippen LogP contribution >= 0.6 is 50.7 Å². The summed E-state index contributed by atoms with van der Waals surface area (Å²) in [5.41, 5.74) is 2.57. The molecule has 5 nitrogen and oxygen atoms in total. The van der Waals surface area contributed by atoms with Crippen LogP contribution in [0.3, 0.4) is 0 Å². The Bertz CT molecular complexity index is 1570. The third kappa shape index (κ3) is 8.01. The fourth-order valence-electron chi connectivity index (χ4n) is 3.47. The Morgan fingerprint density at radius 3 is 2.31 bits per heavy atom. The van der Waals surface area contributed by atoms with E-state index in [4.69, 9.17) is 44.3 Å². The number of ether oxygens (including phenoxy) is 2. The van der Waals surface area contributed by atoms with E-state index in [1.165, 1.54) is 6.08 Å². The first-order valence-electron chi connectivity index (χ1n) is 11.6. The number of nitriles is 1. The summed E-state index contributed by atoms with van der Waals surface area (Å²) in [7, 11) is 0. The van der Waals surface area contributed by atoms with E-state index in [1.54, 1.807) is 66.7 Å². The molecule has 0 aromatic heterocycles. The van der Waals surface area contributed by atoms with Gasteiger partial charge in [0.25, 0.3) is 5.91 Å². The molecule has 0 radical (unpaired) electrons. The summed E-state index contributed by atoms with van der Waals surface area (Å²) < 4.78 is 12.5. The second kappa shape index (κ2) is 13.5. The third-order valence-corrected chi connectivity index (χ3v) is 6.95. The molecule has 0 unspecified atom stereocenters. The molecule has 4 aromatic rings. The van der Waals surface area contributed by atoms with Crippen LogP contribution < -0.4 is 14.8 Å². The zero-order chi connectivity index (χ0) is 27.8. The number of carbonyl (C=O) groups excluding carboxylic acids is 1. The van der Waals surface area contributed by atoms with Crippen LogP contribution in [0.4, 0.5) is 5.69 Å². The van der Waals surface area contributed by atoms with Crippen molar-refractivity contribution in [1.29, 1.82) is 5.26 Å². The van der Waals surface area contributed by atoms with Gasteiger partial charge in [-0.2, -0.15) is 5.26 Å². The van der Waals surface area contributed by atoms with E-state index < -0.39 is 5.91 Å². The van der Waals surface area contributed by atoms with Gasteiger partial charge >= 0.3 is 0 Å². The summed E-state index contributed by atoms with van der Waals surface area (Å²) in [4.78, 5) is 12.9. The Morgan fingerprint density at radius 2 is 1.59 bits per heavy atom. The maximum absolute atomic E-state index is 12.9. The Kier molecular flexibility index (Phi) is 9.91. The van der Waals surface area contributed by atoms with E-state index >= 15 is 0 Å². The van der Waals surface area contributed by atoms with Gasteiger partial charge in [0.15, 0.2) is 0 Å². The molecule has 0 fully saturated rings. The molecule has 0 aliphatic rings. The highest BCUT2D eigenvalue weighted by molar-refractivity contribution is 9.10. The molecule has 0 aliphatic heterocycles. The molecule has 4 rings (SSSR count). The molecule has 0 aliphatic carbocycles. The normalized spacial score (nSPS) is 11.0. The highest BCUT2D eigenvalue weighted by Gasteiger charge is 2.13. The van der Waals surface area contributed by atoms with E-state index in [0.717, 1.165) is 15.6 Å². The lowest BCUT2D eigenvalue weighted by molar-refractivity contribution is -0.112. The zero-order valence-electron chi connectivity index (χ0n) is 20.3. The van der Waals surface area contributed by atoms with Crippen LogP contribution in [0.2, 0.25) is 15.1 Å². The number of rotatable bonds is 9. The number of amides is 1. The first-order valence-corrected chi connectivity index (χ1v) is 13.5. The van der Waals surface area contributed by atoms with Crippen molar-refractivity contribution in [3.05, 3.63) is 127 Å². The number of carbonyl (C=O) groups is 1. The summed E-state index contributed by atoms with van der Waals surface area (Å²) >= 11 is 21.8. The zero-order valence-corrected chi connectivity index (χ0v) is 24.1. The Morgan fingerprint density at radius 1 is 0.872 bits per heavy atom. The summed E-state index contributed by atoms with van der Waals surface area (Å²) in [5, 5.41) is 14.1. The predicted molar refractivity (Wildman–Crippen MR) is 159 cm³/mol. The van der Waals surface area contributed by atoms with Gasteiger partial charge in [-0.25, -0.2) is 0 Å². The molecule has 0 atom stereocenters. The minimum Gasteiger partial charge on any atom is -0.489 e. The molecule has 39 heavy (non-hydrogen) atoms. The summed E-state index contributed by atoms with van der Waals surface area (Å²) in [6.07, 6.45) is 1.47. The van der Waals surface area contributed by atoms with Gasteiger partial charge in [0.05, 0.1) is 0 Å². The number of hydrogen-bond donors (Lipinski definition) is 1. The van der Waals surface area contributed by atoms with Gasteiger partial charge in [0.1, 0.15) is 36.4 Å². The van der Waals surface area contributed by atoms with Gasteiger partial charge < -0.3 is 14.8 Å². The first-order chi connectivity index (χ1) is 18.8. The molecule has 0 spiro atoms. The van der Waals surface area contributed by atoms with Crippen LogP contribution in [0.5, 0.6) is 11.5 Å². The molecular formula is C30H20BrCl3N2O3. The minimum atomic E-state index is -0.561. The Balaban J connectivity index is 1.44. The predicted octanol–water partition coefficient (Wildman–Crippen LogP) is 9.11. The second-order valence-electron chi connectivity index (χ2n) is 8.23. The molecule has 9 heteroatoms. The van der Waals surface area contributed by atoms with Crippen molar-refractivity contribution in [2.75, 3.05) is 5.32 Å². The fourth-order valence-corrected chi connectivity index (χ4v) is 4.50. The minimum absolute atomic E-state index is 0.0958. The number of anilines is 1. The lowest BCUT2D eigenvalue weighted by atomic mass is 10.1. The molecule has 0 heterocycles. The van der Waals surface area contributed by atoms with Crippen LogP contribution in [0.1, 0.15) is 16.7 Å². The van der Waals surface area contributed by atoms with Gasteiger partial charge in [-0.3, -0.25) is 4.79 Å². The second-order valence-corrected chi connectivity index (χ2v) is 10.4. The molecule has 0 saturated carbocycles. The topological polar surface area (TPSA) is 71.3 Å². The largest absolute Gasteiger partial charge is 0.489 e. The lowest BCUT2D eigenvalue weighted by Gasteiger charge is -2.12. The number of benzene rings is 4. The van der Waals surface area contributed by atoms with Gasteiger partial charge in [-0.15, -0.1) is 0 Å². The molecule has 1 N–H and O–H groups in total. The fraction of sp³-hybridized carbons (Fsp3) is 0.0667. The van der Waals surface area contributed by atoms with Crippen molar-refractivity contribution in [1.82, 2.24) is 0 Å². The highest BCUT2D eigenvalue weighted by atomic mass is 79.9. The van der Waals surface area contributed by atoms with Crippen molar-refractivity contribution >= 4 is 68.4 Å². The standard InChI is InChI=1S/C30H20BrCl3N2O3/c31-23-6-12-29(39-18-20-5-7-24(32)15-28(20)34)21(14-23)13-22(16-35)30(37)36-25-8-10-26(11-9-25)38-17-19-3-1-2-4-27(19)33/h1-15H,17-18H2,(H,36,37)/b22-13+. The van der Waals surface area contributed by atoms with E-state index in [2.05, 4.69) is 21.2 Å². The summed E-state index contributed by atoms with van der Waals surface area (Å²) in [6.45, 7) is 0.491. The van der Waals surface area contributed by atoms with Crippen molar-refractivity contribution in [2.45, 2.75) is 13.2 Å². The lowest BCUT2D eigenvalue weighted by Crippen LogP contribution is -2.13. The molecule has 4 aromatic carbocycles. The third-order valence-electron chi connectivity index (χ3n) is 5.50. The van der Waals surface area contributed by atoms with Gasteiger partial charge in [0, 0.05) is 41.9 Å². The Labute approximate surface area is 249 Å². The molecule has 0 bridgehead atoms. The van der Waals surface area contributed by atoms with Crippen molar-refractivity contribution in [2.24, 2.45) is 0 Å². The molecule has 0 saturated heterocycles. The van der Waals surface area contributed by atoms with E-state index in [1.807, 2.05) is 24.3 Å². The van der Waals surface area contributed by atoms with E-state index in [0.29, 0.717) is 44.4 Å². The smallest absolute Gasteiger partial charge is 0.266 e. The molecular weight excluding hydrogens is 623 g/mol. The number of halogens is 4.